The molecule has 14 nitrogen and oxygen atoms in total. The molecule has 0 aromatic heterocycles. The molecule has 0 spiro atoms. The lowest BCUT2D eigenvalue weighted by atomic mass is 9.42. The molecule has 4 saturated carbocycles. The molecule has 0 aliphatic heterocycles. The van der Waals surface area contributed by atoms with E-state index in [4.69, 9.17) is 4.74 Å². The van der Waals surface area contributed by atoms with Gasteiger partial charge >= 0.3 is 18.0 Å². The van der Waals surface area contributed by atoms with Crippen LogP contribution in [0.5, 0.6) is 0 Å². The summed E-state index contributed by atoms with van der Waals surface area (Å²) in [6, 6.07) is 10.7. The maximum Gasteiger partial charge on any atom is 0.319 e. The smallest absolute Gasteiger partial charge is 0.319 e. The highest BCUT2D eigenvalue weighted by atomic mass is 16.6. The van der Waals surface area contributed by atoms with E-state index in [1.165, 1.54) is 127 Å². The van der Waals surface area contributed by atoms with Crippen LogP contribution in [0.25, 0.3) is 0 Å². The van der Waals surface area contributed by atoms with Crippen molar-refractivity contribution in [2.24, 2.45) is 46.3 Å². The van der Waals surface area contributed by atoms with E-state index in [1.54, 1.807) is 24.3 Å². The van der Waals surface area contributed by atoms with Gasteiger partial charge in [0, 0.05) is 54.1 Å². The Balaban J connectivity index is 1.03. The third kappa shape index (κ3) is 15.4. The van der Waals surface area contributed by atoms with Crippen molar-refractivity contribution in [1.29, 1.82) is 0 Å². The molecule has 2 aromatic carbocycles. The fourth-order valence-corrected chi connectivity index (χ4v) is 14.4. The second kappa shape index (κ2) is 28.1. The van der Waals surface area contributed by atoms with Gasteiger partial charge in [0.25, 0.3) is 11.4 Å². The lowest BCUT2D eigenvalue weighted by Gasteiger charge is -2.65. The number of nitro benzene ring substituents is 2. The van der Waals surface area contributed by atoms with E-state index in [2.05, 4.69) is 49.0 Å². The van der Waals surface area contributed by atoms with Crippen LogP contribution in [-0.2, 0) is 9.53 Å². The number of anilines is 2. The first kappa shape index (κ1) is 56.5. The van der Waals surface area contributed by atoms with Crippen molar-refractivity contribution in [2.75, 3.05) is 17.2 Å². The van der Waals surface area contributed by atoms with Crippen LogP contribution in [0.3, 0.4) is 0 Å². The molecule has 0 radical (unpaired) electrons. The zero-order valence-electron chi connectivity index (χ0n) is 44.4. The Kier molecular flexibility index (Phi) is 22.0. The number of urea groups is 2. The largest absolute Gasteiger partial charge is 0.466 e. The fraction of sp³-hybridized carbons (Fsp3) is 0.741. The molecule has 4 N–H and O–H groups in total. The van der Waals surface area contributed by atoms with Gasteiger partial charge in [-0.05, 0) is 122 Å². The number of carbonyl (C=O) groups excluding carboxylic acids is 3. The number of hydrogen-bond donors (Lipinski definition) is 4. The van der Waals surface area contributed by atoms with Crippen molar-refractivity contribution >= 4 is 40.8 Å². The molecule has 400 valence electrons. The minimum Gasteiger partial charge on any atom is -0.466 e. The molecule has 10 atom stereocenters. The maximum absolute atomic E-state index is 14.1. The van der Waals surface area contributed by atoms with E-state index in [0.717, 1.165) is 64.2 Å². The van der Waals surface area contributed by atoms with Crippen molar-refractivity contribution in [1.82, 2.24) is 10.6 Å². The topological polar surface area (TPSA) is 195 Å². The summed E-state index contributed by atoms with van der Waals surface area (Å²) >= 11 is 0. The minimum absolute atomic E-state index is 0.0193. The Bertz CT molecular complexity index is 2030. The molecule has 6 rings (SSSR count). The summed E-state index contributed by atoms with van der Waals surface area (Å²) in [6.07, 6.45) is 32.6. The summed E-state index contributed by atoms with van der Waals surface area (Å²) in [5.41, 5.74) is 0.491. The highest BCUT2D eigenvalue weighted by molar-refractivity contribution is 5.90. The number of nitrogens with one attached hydrogen (secondary N) is 4. The molecule has 2 aromatic rings. The molecule has 0 heterocycles. The van der Waals surface area contributed by atoms with Crippen molar-refractivity contribution in [2.45, 2.75) is 220 Å². The number of carbonyl (C=O) groups is 3. The van der Waals surface area contributed by atoms with Gasteiger partial charge in [0.05, 0.1) is 16.5 Å². The third-order valence-electron chi connectivity index (χ3n) is 18.4. The lowest BCUT2D eigenvalue weighted by Crippen LogP contribution is -2.67. The first-order valence-electron chi connectivity index (χ1n) is 28.5. The first-order chi connectivity index (χ1) is 34.7. The Labute approximate surface area is 430 Å². The number of benzene rings is 2. The van der Waals surface area contributed by atoms with Crippen molar-refractivity contribution < 1.29 is 29.0 Å². The van der Waals surface area contributed by atoms with Crippen molar-refractivity contribution in [3.63, 3.8) is 0 Å². The van der Waals surface area contributed by atoms with Crippen LogP contribution in [0, 0.1) is 66.6 Å². The second-order valence-electron chi connectivity index (χ2n) is 23.0. The van der Waals surface area contributed by atoms with Gasteiger partial charge in [-0.15, -0.1) is 0 Å². The summed E-state index contributed by atoms with van der Waals surface area (Å²) in [5, 5.41) is 35.5. The maximum atomic E-state index is 14.1. The molecule has 0 saturated heterocycles. The monoisotopic (exact) mass is 999 g/mol. The fourth-order valence-electron chi connectivity index (χ4n) is 14.4. The molecule has 0 unspecified atom stereocenters. The number of non-ortho nitro benzene ring substituents is 2. The number of nitro groups is 2. The molecule has 72 heavy (non-hydrogen) atoms. The summed E-state index contributed by atoms with van der Waals surface area (Å²) in [7, 11) is 0. The van der Waals surface area contributed by atoms with Crippen LogP contribution in [0.1, 0.15) is 207 Å². The average molecular weight is 999 g/mol. The molecule has 4 aliphatic carbocycles. The predicted molar refractivity (Wildman–Crippen MR) is 287 cm³/mol. The highest BCUT2D eigenvalue weighted by Crippen LogP contribution is 2.68. The Morgan fingerprint density at radius 1 is 0.653 bits per heavy atom. The summed E-state index contributed by atoms with van der Waals surface area (Å²) in [4.78, 5) is 62.9. The van der Waals surface area contributed by atoms with Crippen LogP contribution in [0.2, 0.25) is 0 Å². The number of amides is 4. The van der Waals surface area contributed by atoms with Crippen LogP contribution >= 0.6 is 0 Å². The number of unbranched alkanes of at least 4 members (excludes halogenated alkanes) is 17. The molecule has 14 heteroatoms. The van der Waals surface area contributed by atoms with E-state index in [0.29, 0.717) is 36.7 Å². The predicted octanol–water partition coefficient (Wildman–Crippen LogP) is 15.5. The van der Waals surface area contributed by atoms with Gasteiger partial charge in [0.2, 0.25) is 0 Å². The Morgan fingerprint density at radius 2 is 1.15 bits per heavy atom. The van der Waals surface area contributed by atoms with Gasteiger partial charge in [-0.25, -0.2) is 9.59 Å². The van der Waals surface area contributed by atoms with E-state index in [9.17, 15) is 34.6 Å². The SMILES string of the molecule is CCCCCCCCCCCCCCCCCCCCOC(=O)CC[C@@H](C)[C@H]1CC[C@H]2[C@@H]3[C@H](NC(=O)Nc4ccc([N+](=O)[O-])cc4)C[C@@H]4CCCC[C@]4(C)[C@H]3C[C@H](NC(=O)Nc3ccc([N+](=O)[O-])cc3)[C@]12C. The highest BCUT2D eigenvalue weighted by Gasteiger charge is 2.66. The normalized spacial score (nSPS) is 26.8. The molecule has 4 fully saturated rings. The van der Waals surface area contributed by atoms with E-state index >= 15 is 0 Å². The molecule has 4 aliphatic rings. The minimum atomic E-state index is -0.460. The molecule has 4 amide bonds. The average Bonchev–Trinajstić information content (AvgIpc) is 3.72. The van der Waals surface area contributed by atoms with E-state index in [1.807, 2.05) is 0 Å². The van der Waals surface area contributed by atoms with Crippen molar-refractivity contribution in [3.8, 4) is 0 Å². The quantitative estimate of drug-likeness (QED) is 0.0267. The summed E-state index contributed by atoms with van der Waals surface area (Å²) < 4.78 is 5.79. The Hall–Kier alpha value is -4.75. The van der Waals surface area contributed by atoms with Gasteiger partial charge in [0.1, 0.15) is 0 Å². The number of hydrogen-bond acceptors (Lipinski definition) is 8. The zero-order chi connectivity index (χ0) is 51.5. The molecular weight excluding hydrogens is 909 g/mol. The van der Waals surface area contributed by atoms with Crippen LogP contribution in [0.15, 0.2) is 48.5 Å². The molecule has 0 bridgehead atoms. The van der Waals surface area contributed by atoms with Gasteiger partial charge in [0.15, 0.2) is 0 Å². The van der Waals surface area contributed by atoms with E-state index in [-0.39, 0.29) is 81.9 Å². The first-order valence-corrected chi connectivity index (χ1v) is 28.5. The summed E-state index contributed by atoms with van der Waals surface area (Å²) in [6.45, 7) is 9.76. The molecular formula is C58H90N6O8. The van der Waals surface area contributed by atoms with Gasteiger partial charge < -0.3 is 26.0 Å². The third-order valence-corrected chi connectivity index (χ3v) is 18.4. The van der Waals surface area contributed by atoms with Crippen LogP contribution in [0.4, 0.5) is 32.3 Å². The lowest BCUT2D eigenvalue weighted by molar-refractivity contribution is -0.385. The van der Waals surface area contributed by atoms with Crippen molar-refractivity contribution in [3.05, 3.63) is 68.8 Å². The van der Waals surface area contributed by atoms with Gasteiger partial charge in [-0.1, -0.05) is 150 Å². The Morgan fingerprint density at radius 3 is 1.67 bits per heavy atom. The standard InChI is InChI=1S/C58H90N6O8/c1-5-6-7-8-9-10-11-12-13-14-15-16-17-18-19-20-21-24-39-72-53(65)37-26-42(2)48-35-36-49-54-50(41-52(58(48,49)4)62-56(67)60-45-29-33-47(34-30-45)64(70)71)57(3)38-23-22-25-43(57)40-51(54)61-55(66)59-44-27-31-46(32-28-44)63(68)69/h27-34,42-43,48-52,54H,5-26,35-41H2,1-4H3,(H2,59,61,66)(H2,60,62,67)/t42-,43+,48-,49+,50+,51-,52+,54+,57+,58-/m1/s1. The number of rotatable bonds is 29. The summed E-state index contributed by atoms with van der Waals surface area (Å²) in [5.74, 6) is 1.11. The number of esters is 1. The number of nitrogens with zero attached hydrogens (tertiary/aromatic N) is 2. The van der Waals surface area contributed by atoms with E-state index < -0.39 is 9.85 Å². The number of ether oxygens (including phenoxy) is 1. The van der Waals surface area contributed by atoms with Gasteiger partial charge in [-0.2, -0.15) is 0 Å². The number of fused-ring (bicyclic) bond motifs is 5. The van der Waals surface area contributed by atoms with Gasteiger partial charge in [-0.3, -0.25) is 25.0 Å². The second-order valence-corrected chi connectivity index (χ2v) is 23.0. The van der Waals surface area contributed by atoms with Crippen LogP contribution < -0.4 is 21.3 Å². The van der Waals surface area contributed by atoms with Crippen LogP contribution in [-0.4, -0.2) is 46.6 Å². The zero-order valence-corrected chi connectivity index (χ0v) is 44.4.